The number of oxime groups is 1. The molecule has 0 heterocycles. The molecule has 1 aromatic rings. The SMILES string of the molecule is COC=C(C(=O)OC)N(C)c1cccc(C(C)=NOC)c1. The second-order valence-corrected chi connectivity index (χ2v) is 4.20. The van der Waals surface area contributed by atoms with Gasteiger partial charge in [-0.1, -0.05) is 17.3 Å². The van der Waals surface area contributed by atoms with Crippen LogP contribution in [-0.2, 0) is 19.1 Å². The van der Waals surface area contributed by atoms with Crippen LogP contribution in [-0.4, -0.2) is 40.1 Å². The van der Waals surface area contributed by atoms with Crippen molar-refractivity contribution in [3.05, 3.63) is 41.8 Å². The lowest BCUT2D eigenvalue weighted by Crippen LogP contribution is -2.24. The first-order valence-corrected chi connectivity index (χ1v) is 6.28. The van der Waals surface area contributed by atoms with Gasteiger partial charge in [-0.25, -0.2) is 4.79 Å². The minimum atomic E-state index is -0.480. The van der Waals surface area contributed by atoms with Crippen molar-refractivity contribution in [1.82, 2.24) is 0 Å². The fourth-order valence-electron chi connectivity index (χ4n) is 1.75. The molecule has 0 atom stereocenters. The molecule has 6 heteroatoms. The Morgan fingerprint density at radius 2 is 2.00 bits per heavy atom. The van der Waals surface area contributed by atoms with Gasteiger partial charge in [0.15, 0.2) is 5.70 Å². The van der Waals surface area contributed by atoms with Gasteiger partial charge < -0.3 is 19.2 Å². The van der Waals surface area contributed by atoms with E-state index < -0.39 is 5.97 Å². The normalized spacial score (nSPS) is 11.9. The lowest BCUT2D eigenvalue weighted by Gasteiger charge is -2.21. The molecule has 6 nitrogen and oxygen atoms in total. The number of rotatable bonds is 6. The summed E-state index contributed by atoms with van der Waals surface area (Å²) in [5, 5.41) is 3.89. The zero-order valence-electron chi connectivity index (χ0n) is 12.9. The monoisotopic (exact) mass is 292 g/mol. The van der Waals surface area contributed by atoms with Gasteiger partial charge in [-0.2, -0.15) is 0 Å². The van der Waals surface area contributed by atoms with Crippen LogP contribution in [0.3, 0.4) is 0 Å². The summed E-state index contributed by atoms with van der Waals surface area (Å²) in [5.41, 5.74) is 2.72. The predicted octanol–water partition coefficient (Wildman–Crippen LogP) is 2.15. The summed E-state index contributed by atoms with van der Waals surface area (Å²) in [6.45, 7) is 1.84. The lowest BCUT2D eigenvalue weighted by molar-refractivity contribution is -0.136. The molecule has 0 bridgehead atoms. The van der Waals surface area contributed by atoms with E-state index in [1.807, 2.05) is 31.2 Å². The summed E-state index contributed by atoms with van der Waals surface area (Å²) in [5.74, 6) is -0.480. The summed E-state index contributed by atoms with van der Waals surface area (Å²) < 4.78 is 9.69. The van der Waals surface area contributed by atoms with Crippen molar-refractivity contribution >= 4 is 17.4 Å². The minimum absolute atomic E-state index is 0.290. The number of benzene rings is 1. The highest BCUT2D eigenvalue weighted by atomic mass is 16.6. The first kappa shape index (κ1) is 16.6. The van der Waals surface area contributed by atoms with Crippen LogP contribution in [0.5, 0.6) is 0 Å². The molecule has 0 unspecified atom stereocenters. The lowest BCUT2D eigenvalue weighted by atomic mass is 10.1. The molecule has 0 amide bonds. The molecular formula is C15H20N2O4. The smallest absolute Gasteiger partial charge is 0.357 e. The number of carbonyl (C=O) groups excluding carboxylic acids is 1. The standard InChI is InChI=1S/C15H20N2O4/c1-11(16-21-5)12-7-6-8-13(9-12)17(2)14(10-19-3)15(18)20-4/h6-10H,1-5H3. The largest absolute Gasteiger partial charge is 0.502 e. The molecule has 1 rings (SSSR count). The number of hydrogen-bond acceptors (Lipinski definition) is 6. The van der Waals surface area contributed by atoms with Gasteiger partial charge in [-0.05, 0) is 19.1 Å². The number of methoxy groups -OCH3 is 2. The molecular weight excluding hydrogens is 272 g/mol. The van der Waals surface area contributed by atoms with Crippen molar-refractivity contribution in [1.29, 1.82) is 0 Å². The van der Waals surface area contributed by atoms with Crippen molar-refractivity contribution in [2.24, 2.45) is 5.16 Å². The van der Waals surface area contributed by atoms with Crippen LogP contribution < -0.4 is 4.90 Å². The van der Waals surface area contributed by atoms with Crippen molar-refractivity contribution in [2.45, 2.75) is 6.92 Å². The van der Waals surface area contributed by atoms with E-state index in [1.54, 1.807) is 11.9 Å². The molecule has 114 valence electrons. The molecule has 0 aliphatic carbocycles. The van der Waals surface area contributed by atoms with E-state index in [1.165, 1.54) is 27.6 Å². The van der Waals surface area contributed by atoms with E-state index in [2.05, 4.69) is 5.16 Å². The number of ether oxygens (including phenoxy) is 2. The second-order valence-electron chi connectivity index (χ2n) is 4.20. The van der Waals surface area contributed by atoms with E-state index in [0.29, 0.717) is 5.70 Å². The number of carbonyl (C=O) groups is 1. The van der Waals surface area contributed by atoms with Crippen molar-refractivity contribution in [2.75, 3.05) is 33.3 Å². The summed E-state index contributed by atoms with van der Waals surface area (Å²) >= 11 is 0. The van der Waals surface area contributed by atoms with Gasteiger partial charge in [0.1, 0.15) is 13.4 Å². The summed E-state index contributed by atoms with van der Waals surface area (Å²) in [6.07, 6.45) is 1.34. The second kappa shape index (κ2) is 7.94. The minimum Gasteiger partial charge on any atom is -0.502 e. The number of hydrogen-bond donors (Lipinski definition) is 0. The molecule has 1 aromatic carbocycles. The van der Waals surface area contributed by atoms with Crippen molar-refractivity contribution < 1.29 is 19.1 Å². The van der Waals surface area contributed by atoms with Crippen molar-refractivity contribution in [3.63, 3.8) is 0 Å². The van der Waals surface area contributed by atoms with Gasteiger partial charge in [0, 0.05) is 18.3 Å². The molecule has 0 saturated carbocycles. The van der Waals surface area contributed by atoms with Crippen LogP contribution in [0.15, 0.2) is 41.4 Å². The summed E-state index contributed by atoms with van der Waals surface area (Å²) in [4.78, 5) is 18.2. The summed E-state index contributed by atoms with van der Waals surface area (Å²) in [6, 6.07) is 7.55. The molecule has 0 aliphatic heterocycles. The Morgan fingerprint density at radius 1 is 1.29 bits per heavy atom. The molecule has 0 aliphatic rings. The number of nitrogens with zero attached hydrogens (tertiary/aromatic N) is 2. The van der Waals surface area contributed by atoms with E-state index >= 15 is 0 Å². The van der Waals surface area contributed by atoms with Gasteiger partial charge in [0.25, 0.3) is 0 Å². The van der Waals surface area contributed by atoms with E-state index in [-0.39, 0.29) is 0 Å². The van der Waals surface area contributed by atoms with Crippen LogP contribution in [0.2, 0.25) is 0 Å². The third-order valence-corrected chi connectivity index (χ3v) is 2.86. The number of esters is 1. The first-order chi connectivity index (χ1) is 10.0. The molecule has 0 radical (unpaired) electrons. The molecule has 0 saturated heterocycles. The van der Waals surface area contributed by atoms with Gasteiger partial charge in [0.2, 0.25) is 0 Å². The van der Waals surface area contributed by atoms with Gasteiger partial charge in [-0.3, -0.25) is 0 Å². The topological polar surface area (TPSA) is 60.4 Å². The third-order valence-electron chi connectivity index (χ3n) is 2.86. The van der Waals surface area contributed by atoms with Crippen LogP contribution in [0.1, 0.15) is 12.5 Å². The fraction of sp³-hybridized carbons (Fsp3) is 0.333. The van der Waals surface area contributed by atoms with Gasteiger partial charge in [-0.15, -0.1) is 0 Å². The highest BCUT2D eigenvalue weighted by Gasteiger charge is 2.17. The number of likely N-dealkylation sites (N-methyl/N-ethyl adjacent to an activating group) is 1. The molecule has 21 heavy (non-hydrogen) atoms. The highest BCUT2D eigenvalue weighted by Crippen LogP contribution is 2.20. The maximum absolute atomic E-state index is 11.8. The van der Waals surface area contributed by atoms with Crippen LogP contribution >= 0.6 is 0 Å². The Morgan fingerprint density at radius 3 is 2.57 bits per heavy atom. The van der Waals surface area contributed by atoms with Crippen LogP contribution in [0, 0.1) is 0 Å². The third kappa shape index (κ3) is 4.24. The predicted molar refractivity (Wildman–Crippen MR) is 81.2 cm³/mol. The van der Waals surface area contributed by atoms with Crippen molar-refractivity contribution in [3.8, 4) is 0 Å². The zero-order valence-corrected chi connectivity index (χ0v) is 12.9. The fourth-order valence-corrected chi connectivity index (χ4v) is 1.75. The van der Waals surface area contributed by atoms with E-state index in [0.717, 1.165) is 17.0 Å². The molecule has 0 spiro atoms. The molecule has 0 fully saturated rings. The molecule has 0 N–H and O–H groups in total. The Balaban J connectivity index is 3.14. The Kier molecular flexibility index (Phi) is 6.26. The quantitative estimate of drug-likeness (QED) is 0.264. The van der Waals surface area contributed by atoms with Crippen LogP contribution in [0.4, 0.5) is 5.69 Å². The average molecular weight is 292 g/mol. The number of anilines is 1. The Bertz CT molecular complexity index is 552. The zero-order chi connectivity index (χ0) is 15.8. The average Bonchev–Trinajstić information content (AvgIpc) is 2.51. The Hall–Kier alpha value is -2.50. The van der Waals surface area contributed by atoms with E-state index in [4.69, 9.17) is 14.3 Å². The first-order valence-electron chi connectivity index (χ1n) is 6.28. The Labute approximate surface area is 124 Å². The summed E-state index contributed by atoms with van der Waals surface area (Å²) in [7, 11) is 6.05. The van der Waals surface area contributed by atoms with Gasteiger partial charge in [0.05, 0.1) is 19.9 Å². The highest BCUT2D eigenvalue weighted by molar-refractivity contribution is 5.99. The maximum atomic E-state index is 11.8. The molecule has 0 aromatic heterocycles. The van der Waals surface area contributed by atoms with Gasteiger partial charge >= 0.3 is 5.97 Å². The van der Waals surface area contributed by atoms with E-state index in [9.17, 15) is 4.79 Å². The van der Waals surface area contributed by atoms with Crippen LogP contribution in [0.25, 0.3) is 0 Å². The maximum Gasteiger partial charge on any atom is 0.357 e.